The zero-order valence-electron chi connectivity index (χ0n) is 19.0. The highest BCUT2D eigenvalue weighted by molar-refractivity contribution is 7.89. The molecule has 0 heterocycles. The molecule has 0 aliphatic heterocycles. The lowest BCUT2D eigenvalue weighted by molar-refractivity contribution is -0.116. The average Bonchev–Trinajstić information content (AvgIpc) is 2.85. The van der Waals surface area contributed by atoms with E-state index < -0.39 is 15.9 Å². The number of rotatable bonds is 8. The number of carbonyl (C=O) groups is 1. The van der Waals surface area contributed by atoms with Gasteiger partial charge in [-0.1, -0.05) is 60.7 Å². The Balaban J connectivity index is 1.58. The number of sulfonamides is 1. The van der Waals surface area contributed by atoms with Gasteiger partial charge in [0.2, 0.25) is 15.9 Å². The first kappa shape index (κ1) is 25.5. The average molecular weight is 533 g/mol. The minimum atomic E-state index is -3.92. The lowest BCUT2D eigenvalue weighted by Gasteiger charge is -2.33. The number of halogens is 2. The summed E-state index contributed by atoms with van der Waals surface area (Å²) in [6.07, 6.45) is 4.31. The van der Waals surface area contributed by atoms with E-state index in [-0.39, 0.29) is 17.5 Å². The number of carbonyl (C=O) groups excluding carboxylic acids is 1. The van der Waals surface area contributed by atoms with Gasteiger partial charge in [-0.2, -0.15) is 4.31 Å². The number of hydrogen-bond donors (Lipinski definition) is 1. The Morgan fingerprint density at radius 2 is 1.57 bits per heavy atom. The number of hydrogen-bond acceptors (Lipinski definition) is 4. The number of nitrogens with zero attached hydrogens (tertiary/aromatic N) is 1. The fourth-order valence-electron chi connectivity index (χ4n) is 4.16. The van der Waals surface area contributed by atoms with Crippen LogP contribution in [-0.2, 0) is 14.8 Å². The number of para-hydroxylation sites is 1. The van der Waals surface area contributed by atoms with Crippen LogP contribution in [0, 0.1) is 0 Å². The monoisotopic (exact) mass is 532 g/mol. The van der Waals surface area contributed by atoms with Gasteiger partial charge in [0, 0.05) is 16.1 Å². The summed E-state index contributed by atoms with van der Waals surface area (Å²) in [7, 11) is -3.92. The van der Waals surface area contributed by atoms with Crippen LogP contribution in [0.1, 0.15) is 32.1 Å². The van der Waals surface area contributed by atoms with E-state index in [9.17, 15) is 13.2 Å². The van der Waals surface area contributed by atoms with E-state index in [0.717, 1.165) is 19.3 Å². The normalized spacial score (nSPS) is 14.6. The van der Waals surface area contributed by atoms with Crippen molar-refractivity contribution in [3.63, 3.8) is 0 Å². The van der Waals surface area contributed by atoms with Gasteiger partial charge >= 0.3 is 0 Å². The van der Waals surface area contributed by atoms with Crippen LogP contribution in [0.25, 0.3) is 0 Å². The molecule has 6 nitrogen and oxygen atoms in total. The van der Waals surface area contributed by atoms with Crippen LogP contribution in [0.15, 0.2) is 77.7 Å². The number of nitrogens with one attached hydrogen (secondary N) is 1. The van der Waals surface area contributed by atoms with Gasteiger partial charge in [0.1, 0.15) is 5.75 Å². The molecule has 1 aliphatic carbocycles. The van der Waals surface area contributed by atoms with Crippen molar-refractivity contribution in [3.8, 4) is 11.5 Å². The van der Waals surface area contributed by atoms with Gasteiger partial charge in [-0.25, -0.2) is 8.42 Å². The molecule has 1 amide bonds. The fourth-order valence-corrected chi connectivity index (χ4v) is 6.10. The summed E-state index contributed by atoms with van der Waals surface area (Å²) in [5, 5.41) is 3.66. The second kappa shape index (κ2) is 11.4. The first-order valence-corrected chi connectivity index (χ1v) is 13.6. The van der Waals surface area contributed by atoms with Gasteiger partial charge < -0.3 is 10.1 Å². The highest BCUT2D eigenvalue weighted by atomic mass is 35.5. The summed E-state index contributed by atoms with van der Waals surface area (Å²) in [6, 6.07) is 19.8. The van der Waals surface area contributed by atoms with E-state index in [1.54, 1.807) is 30.3 Å². The van der Waals surface area contributed by atoms with Crippen molar-refractivity contribution in [3.05, 3.63) is 82.8 Å². The Morgan fingerprint density at radius 1 is 0.914 bits per heavy atom. The first-order valence-electron chi connectivity index (χ1n) is 11.4. The highest BCUT2D eigenvalue weighted by Crippen LogP contribution is 2.33. The largest absolute Gasteiger partial charge is 0.455 e. The molecule has 1 aliphatic rings. The Morgan fingerprint density at radius 3 is 2.26 bits per heavy atom. The fraction of sp³-hybridized carbons (Fsp3) is 0.269. The molecule has 0 radical (unpaired) electrons. The van der Waals surface area contributed by atoms with E-state index in [1.807, 2.05) is 18.2 Å². The summed E-state index contributed by atoms with van der Waals surface area (Å²) in [4.78, 5) is 13.3. The van der Waals surface area contributed by atoms with E-state index in [1.165, 1.54) is 28.6 Å². The van der Waals surface area contributed by atoms with E-state index in [0.29, 0.717) is 40.1 Å². The third-order valence-electron chi connectivity index (χ3n) is 5.89. The smallest absolute Gasteiger partial charge is 0.243 e. The SMILES string of the molecule is O=C(CN(C1CCCCC1)S(=O)(=O)c1ccc(Cl)cc1)Nc1cc(Cl)ccc1Oc1ccccc1. The van der Waals surface area contributed by atoms with E-state index >= 15 is 0 Å². The van der Waals surface area contributed by atoms with Crippen molar-refractivity contribution in [1.29, 1.82) is 0 Å². The number of ether oxygens (including phenoxy) is 1. The summed E-state index contributed by atoms with van der Waals surface area (Å²) in [6.45, 7) is -0.326. The lowest BCUT2D eigenvalue weighted by atomic mass is 9.95. The maximum absolute atomic E-state index is 13.6. The molecule has 0 atom stereocenters. The number of amides is 1. The maximum atomic E-state index is 13.6. The van der Waals surface area contributed by atoms with Crippen LogP contribution >= 0.6 is 23.2 Å². The van der Waals surface area contributed by atoms with Crippen molar-refractivity contribution in [2.45, 2.75) is 43.0 Å². The molecule has 3 aromatic carbocycles. The number of benzene rings is 3. The van der Waals surface area contributed by atoms with Crippen LogP contribution < -0.4 is 10.1 Å². The molecule has 3 aromatic rings. The van der Waals surface area contributed by atoms with Crippen LogP contribution in [0.5, 0.6) is 11.5 Å². The molecule has 0 bridgehead atoms. The number of anilines is 1. The predicted octanol–water partition coefficient (Wildman–Crippen LogP) is 6.75. The van der Waals surface area contributed by atoms with Crippen molar-refractivity contribution in [2.75, 3.05) is 11.9 Å². The van der Waals surface area contributed by atoms with E-state index in [4.69, 9.17) is 27.9 Å². The van der Waals surface area contributed by atoms with Crippen LogP contribution in [0.4, 0.5) is 5.69 Å². The molecule has 1 saturated carbocycles. The zero-order valence-corrected chi connectivity index (χ0v) is 21.3. The standard InChI is InChI=1S/C26H26Cl2N2O4S/c27-19-11-14-23(15-12-19)35(32,33)30(21-7-3-1-4-8-21)18-26(31)29-24-17-20(28)13-16-25(24)34-22-9-5-2-6-10-22/h2,5-6,9-17,21H,1,3-4,7-8,18H2,(H,29,31). The molecular weight excluding hydrogens is 507 g/mol. The Hall–Kier alpha value is -2.58. The quantitative estimate of drug-likeness (QED) is 0.348. The summed E-state index contributed by atoms with van der Waals surface area (Å²) in [5.74, 6) is 0.520. The minimum Gasteiger partial charge on any atom is -0.455 e. The molecule has 0 aromatic heterocycles. The van der Waals surface area contributed by atoms with Gasteiger partial charge in [-0.15, -0.1) is 0 Å². The predicted molar refractivity (Wildman–Crippen MR) is 139 cm³/mol. The van der Waals surface area contributed by atoms with Crippen LogP contribution in [0.3, 0.4) is 0 Å². The Kier molecular flexibility index (Phi) is 8.34. The van der Waals surface area contributed by atoms with Crippen molar-refractivity contribution in [2.24, 2.45) is 0 Å². The first-order chi connectivity index (χ1) is 16.8. The zero-order chi connectivity index (χ0) is 24.8. The van der Waals surface area contributed by atoms with Crippen LogP contribution in [0.2, 0.25) is 10.0 Å². The van der Waals surface area contributed by atoms with Gasteiger partial charge in [0.25, 0.3) is 0 Å². The Bertz CT molecular complexity index is 1260. The van der Waals surface area contributed by atoms with Gasteiger partial charge in [-0.05, 0) is 67.4 Å². The van der Waals surface area contributed by atoms with Gasteiger partial charge in [0.05, 0.1) is 17.1 Å². The molecule has 1 fully saturated rings. The molecule has 1 N–H and O–H groups in total. The second-order valence-electron chi connectivity index (χ2n) is 8.40. The van der Waals surface area contributed by atoms with Gasteiger partial charge in [0.15, 0.2) is 5.75 Å². The molecule has 184 valence electrons. The minimum absolute atomic E-state index is 0.108. The summed E-state index contributed by atoms with van der Waals surface area (Å²) in [5.41, 5.74) is 0.360. The van der Waals surface area contributed by atoms with Crippen molar-refractivity contribution < 1.29 is 17.9 Å². The van der Waals surface area contributed by atoms with Crippen LogP contribution in [-0.4, -0.2) is 31.2 Å². The lowest BCUT2D eigenvalue weighted by Crippen LogP contribution is -2.45. The third-order valence-corrected chi connectivity index (χ3v) is 8.29. The third kappa shape index (κ3) is 6.55. The van der Waals surface area contributed by atoms with Crippen molar-refractivity contribution >= 4 is 44.8 Å². The highest BCUT2D eigenvalue weighted by Gasteiger charge is 2.34. The van der Waals surface area contributed by atoms with E-state index in [2.05, 4.69) is 5.32 Å². The van der Waals surface area contributed by atoms with Crippen molar-refractivity contribution in [1.82, 2.24) is 4.31 Å². The molecule has 0 unspecified atom stereocenters. The molecule has 4 rings (SSSR count). The Labute approximate surface area is 215 Å². The molecule has 0 spiro atoms. The second-order valence-corrected chi connectivity index (χ2v) is 11.2. The molecule has 9 heteroatoms. The van der Waals surface area contributed by atoms with Gasteiger partial charge in [-0.3, -0.25) is 4.79 Å². The molecule has 0 saturated heterocycles. The summed E-state index contributed by atoms with van der Waals surface area (Å²) < 4.78 is 34.3. The maximum Gasteiger partial charge on any atom is 0.243 e. The molecular formula is C26H26Cl2N2O4S. The summed E-state index contributed by atoms with van der Waals surface area (Å²) >= 11 is 12.1. The topological polar surface area (TPSA) is 75.7 Å². The molecule has 35 heavy (non-hydrogen) atoms.